The van der Waals surface area contributed by atoms with E-state index in [2.05, 4.69) is 17.4 Å². The van der Waals surface area contributed by atoms with Crippen molar-refractivity contribution in [2.75, 3.05) is 0 Å². The maximum absolute atomic E-state index is 12.1. The SMILES string of the molecule is CCc1cc(C(=O)NC2CCCCC2CC)no1. The molecule has 1 aliphatic carbocycles. The van der Waals surface area contributed by atoms with E-state index < -0.39 is 0 Å². The molecule has 1 heterocycles. The minimum absolute atomic E-state index is 0.0937. The van der Waals surface area contributed by atoms with Crippen LogP contribution in [0.5, 0.6) is 0 Å². The first-order valence-corrected chi connectivity index (χ1v) is 7.01. The summed E-state index contributed by atoms with van der Waals surface area (Å²) in [5, 5.41) is 6.93. The Morgan fingerprint density at radius 2 is 2.22 bits per heavy atom. The van der Waals surface area contributed by atoms with Gasteiger partial charge in [-0.1, -0.05) is 38.3 Å². The molecule has 1 saturated carbocycles. The average Bonchev–Trinajstić information content (AvgIpc) is 2.88. The second-order valence-electron chi connectivity index (χ2n) is 5.06. The molecule has 1 N–H and O–H groups in total. The van der Waals surface area contributed by atoms with Crippen molar-refractivity contribution >= 4 is 5.91 Å². The van der Waals surface area contributed by atoms with Gasteiger partial charge in [0, 0.05) is 18.5 Å². The number of rotatable bonds is 4. The van der Waals surface area contributed by atoms with Crippen molar-refractivity contribution in [2.24, 2.45) is 5.92 Å². The van der Waals surface area contributed by atoms with Gasteiger partial charge in [0.25, 0.3) is 5.91 Å². The number of aromatic nitrogens is 1. The van der Waals surface area contributed by atoms with E-state index in [1.807, 2.05) is 6.92 Å². The van der Waals surface area contributed by atoms with E-state index in [1.54, 1.807) is 6.07 Å². The van der Waals surface area contributed by atoms with Crippen LogP contribution < -0.4 is 5.32 Å². The molecule has 1 fully saturated rings. The molecule has 2 unspecified atom stereocenters. The highest BCUT2D eigenvalue weighted by Gasteiger charge is 2.26. The van der Waals surface area contributed by atoms with Crippen LogP contribution >= 0.6 is 0 Å². The summed E-state index contributed by atoms with van der Waals surface area (Å²) in [6, 6.07) is 2.04. The smallest absolute Gasteiger partial charge is 0.273 e. The van der Waals surface area contributed by atoms with Crippen molar-refractivity contribution in [1.82, 2.24) is 10.5 Å². The normalized spacial score (nSPS) is 23.9. The van der Waals surface area contributed by atoms with Crippen LogP contribution in [-0.2, 0) is 6.42 Å². The van der Waals surface area contributed by atoms with Gasteiger partial charge in [-0.3, -0.25) is 4.79 Å². The zero-order valence-corrected chi connectivity index (χ0v) is 11.2. The molecule has 1 aromatic heterocycles. The number of carbonyl (C=O) groups is 1. The van der Waals surface area contributed by atoms with Crippen molar-refractivity contribution in [3.63, 3.8) is 0 Å². The highest BCUT2D eigenvalue weighted by atomic mass is 16.5. The van der Waals surface area contributed by atoms with E-state index in [9.17, 15) is 4.79 Å². The highest BCUT2D eigenvalue weighted by molar-refractivity contribution is 5.92. The third-order valence-corrected chi connectivity index (χ3v) is 3.89. The first-order chi connectivity index (χ1) is 8.74. The Morgan fingerprint density at radius 1 is 1.44 bits per heavy atom. The summed E-state index contributed by atoms with van der Waals surface area (Å²) in [4.78, 5) is 12.1. The van der Waals surface area contributed by atoms with Gasteiger partial charge in [0.2, 0.25) is 0 Å². The van der Waals surface area contributed by atoms with E-state index in [1.165, 1.54) is 19.3 Å². The molecule has 1 aromatic rings. The van der Waals surface area contributed by atoms with Crippen LogP contribution in [0.15, 0.2) is 10.6 Å². The van der Waals surface area contributed by atoms with Gasteiger partial charge in [0.1, 0.15) is 5.76 Å². The summed E-state index contributed by atoms with van der Waals surface area (Å²) in [7, 11) is 0. The summed E-state index contributed by atoms with van der Waals surface area (Å²) >= 11 is 0. The highest BCUT2D eigenvalue weighted by Crippen LogP contribution is 2.26. The molecular formula is C14H22N2O2. The standard InChI is InChI=1S/C14H22N2O2/c1-3-10-7-5-6-8-12(10)15-14(17)13-9-11(4-2)18-16-13/h9-10,12H,3-8H2,1-2H3,(H,15,17). The van der Waals surface area contributed by atoms with Crippen LogP contribution in [0.2, 0.25) is 0 Å². The number of hydrogen-bond acceptors (Lipinski definition) is 3. The quantitative estimate of drug-likeness (QED) is 0.893. The van der Waals surface area contributed by atoms with Gasteiger partial charge < -0.3 is 9.84 Å². The molecule has 0 saturated heterocycles. The summed E-state index contributed by atoms with van der Waals surface area (Å²) < 4.78 is 5.07. The molecule has 0 radical (unpaired) electrons. The molecular weight excluding hydrogens is 228 g/mol. The number of hydrogen-bond donors (Lipinski definition) is 1. The molecule has 18 heavy (non-hydrogen) atoms. The van der Waals surface area contributed by atoms with Crippen LogP contribution in [0.1, 0.15) is 62.2 Å². The maximum Gasteiger partial charge on any atom is 0.273 e. The monoisotopic (exact) mass is 250 g/mol. The van der Waals surface area contributed by atoms with Crippen molar-refractivity contribution in [1.29, 1.82) is 0 Å². The lowest BCUT2D eigenvalue weighted by Gasteiger charge is -2.31. The Bertz CT molecular complexity index is 400. The van der Waals surface area contributed by atoms with Crippen molar-refractivity contribution < 1.29 is 9.32 Å². The topological polar surface area (TPSA) is 55.1 Å². The molecule has 0 spiro atoms. The lowest BCUT2D eigenvalue weighted by Crippen LogP contribution is -2.42. The Labute approximate surface area is 108 Å². The van der Waals surface area contributed by atoms with Gasteiger partial charge in [0.15, 0.2) is 5.69 Å². The molecule has 2 atom stereocenters. The number of carbonyl (C=O) groups excluding carboxylic acids is 1. The van der Waals surface area contributed by atoms with Crippen molar-refractivity contribution in [3.8, 4) is 0 Å². The van der Waals surface area contributed by atoms with Crippen LogP contribution in [0.4, 0.5) is 0 Å². The largest absolute Gasteiger partial charge is 0.361 e. The van der Waals surface area contributed by atoms with Crippen LogP contribution in [0.25, 0.3) is 0 Å². The van der Waals surface area contributed by atoms with Gasteiger partial charge in [-0.05, 0) is 18.8 Å². The van der Waals surface area contributed by atoms with Gasteiger partial charge in [-0.15, -0.1) is 0 Å². The Balaban J connectivity index is 1.97. The molecule has 1 amide bonds. The van der Waals surface area contributed by atoms with E-state index in [4.69, 9.17) is 4.52 Å². The summed E-state index contributed by atoms with van der Waals surface area (Å²) in [5.41, 5.74) is 0.410. The van der Waals surface area contributed by atoms with E-state index in [0.717, 1.165) is 25.0 Å². The number of amides is 1. The summed E-state index contributed by atoms with van der Waals surface area (Å²) in [6.45, 7) is 4.18. The van der Waals surface area contributed by atoms with Crippen molar-refractivity contribution in [3.05, 3.63) is 17.5 Å². The fourth-order valence-corrected chi connectivity index (χ4v) is 2.72. The van der Waals surface area contributed by atoms with Crippen LogP contribution in [-0.4, -0.2) is 17.1 Å². The first-order valence-electron chi connectivity index (χ1n) is 7.01. The Kier molecular flexibility index (Phi) is 4.39. The molecule has 0 aliphatic heterocycles. The molecule has 4 nitrogen and oxygen atoms in total. The number of nitrogens with zero attached hydrogens (tertiary/aromatic N) is 1. The molecule has 1 aliphatic rings. The predicted octanol–water partition coefficient (Wildman–Crippen LogP) is 2.94. The molecule has 0 bridgehead atoms. The van der Waals surface area contributed by atoms with E-state index in [0.29, 0.717) is 17.7 Å². The molecule has 4 heteroatoms. The fraction of sp³-hybridized carbons (Fsp3) is 0.714. The second kappa shape index (κ2) is 6.03. The molecule has 100 valence electrons. The minimum atomic E-state index is -0.0937. The van der Waals surface area contributed by atoms with Crippen molar-refractivity contribution in [2.45, 2.75) is 58.4 Å². The predicted molar refractivity (Wildman–Crippen MR) is 69.4 cm³/mol. The number of aryl methyl sites for hydroxylation is 1. The van der Waals surface area contributed by atoms with Gasteiger partial charge in [0.05, 0.1) is 0 Å². The third-order valence-electron chi connectivity index (χ3n) is 3.89. The average molecular weight is 250 g/mol. The second-order valence-corrected chi connectivity index (χ2v) is 5.06. The maximum atomic E-state index is 12.1. The first kappa shape index (κ1) is 13.1. The Morgan fingerprint density at radius 3 is 2.89 bits per heavy atom. The Hall–Kier alpha value is -1.32. The van der Waals surface area contributed by atoms with E-state index >= 15 is 0 Å². The zero-order valence-electron chi connectivity index (χ0n) is 11.2. The van der Waals surface area contributed by atoms with Crippen LogP contribution in [0.3, 0.4) is 0 Å². The minimum Gasteiger partial charge on any atom is -0.361 e. The lowest BCUT2D eigenvalue weighted by atomic mass is 9.83. The third kappa shape index (κ3) is 2.92. The molecule has 0 aromatic carbocycles. The van der Waals surface area contributed by atoms with Gasteiger partial charge >= 0.3 is 0 Å². The van der Waals surface area contributed by atoms with Crippen LogP contribution in [0, 0.1) is 5.92 Å². The lowest BCUT2D eigenvalue weighted by molar-refractivity contribution is 0.0895. The fourth-order valence-electron chi connectivity index (χ4n) is 2.72. The number of nitrogens with one attached hydrogen (secondary N) is 1. The molecule has 2 rings (SSSR count). The summed E-state index contributed by atoms with van der Waals surface area (Å²) in [5.74, 6) is 1.28. The summed E-state index contributed by atoms with van der Waals surface area (Å²) in [6.07, 6.45) is 6.70. The van der Waals surface area contributed by atoms with E-state index in [-0.39, 0.29) is 5.91 Å². The van der Waals surface area contributed by atoms with Gasteiger partial charge in [-0.25, -0.2) is 0 Å². The van der Waals surface area contributed by atoms with Gasteiger partial charge in [-0.2, -0.15) is 0 Å². The zero-order chi connectivity index (χ0) is 13.0.